The lowest BCUT2D eigenvalue weighted by Crippen LogP contribution is -2.24. The number of benzene rings is 2. The highest BCUT2D eigenvalue weighted by Gasteiger charge is 2.19. The van der Waals surface area contributed by atoms with Crippen LogP contribution in [0.4, 0.5) is 13.2 Å². The summed E-state index contributed by atoms with van der Waals surface area (Å²) in [4.78, 5) is 16.0. The third kappa shape index (κ3) is 3.51. The molecule has 6 nitrogen and oxygen atoms in total. The highest BCUT2D eigenvalue weighted by atomic mass is 19.2. The first-order valence-electron chi connectivity index (χ1n) is 7.38. The number of aromatic nitrogens is 2. The number of nitrogens with one attached hydrogen (secondary N) is 1. The van der Waals surface area contributed by atoms with Crippen LogP contribution in [-0.2, 0) is 6.54 Å². The van der Waals surface area contributed by atoms with Gasteiger partial charge in [0.2, 0.25) is 11.7 Å². The van der Waals surface area contributed by atoms with Crippen molar-refractivity contribution in [2.24, 2.45) is 0 Å². The van der Waals surface area contributed by atoms with Gasteiger partial charge in [0.25, 0.3) is 5.91 Å². The molecule has 1 N–H and O–H groups in total. The van der Waals surface area contributed by atoms with Gasteiger partial charge in [0, 0.05) is 5.56 Å². The molecule has 0 spiro atoms. The van der Waals surface area contributed by atoms with Gasteiger partial charge in [0.15, 0.2) is 17.5 Å². The standard InChI is InChI=1S/C17H12F3N3O3/c1-25-10-4-2-3-9(7-10)16-22-13(26-23-16)8-21-17(24)11-5-6-12(18)15(20)14(11)19/h2-7H,8H2,1H3,(H,21,24). The lowest BCUT2D eigenvalue weighted by molar-refractivity contribution is 0.0941. The maximum Gasteiger partial charge on any atom is 0.254 e. The fraction of sp³-hybridized carbons (Fsp3) is 0.118. The summed E-state index contributed by atoms with van der Waals surface area (Å²) in [7, 11) is 1.52. The van der Waals surface area contributed by atoms with Gasteiger partial charge in [-0.2, -0.15) is 4.98 Å². The van der Waals surface area contributed by atoms with Crippen LogP contribution in [0.15, 0.2) is 40.9 Å². The van der Waals surface area contributed by atoms with E-state index in [4.69, 9.17) is 9.26 Å². The summed E-state index contributed by atoms with van der Waals surface area (Å²) in [6.07, 6.45) is 0. The van der Waals surface area contributed by atoms with Crippen LogP contribution in [0.1, 0.15) is 16.2 Å². The van der Waals surface area contributed by atoms with E-state index in [2.05, 4.69) is 15.5 Å². The lowest BCUT2D eigenvalue weighted by atomic mass is 10.2. The Labute approximate surface area is 145 Å². The predicted molar refractivity (Wildman–Crippen MR) is 83.8 cm³/mol. The van der Waals surface area contributed by atoms with E-state index in [1.165, 1.54) is 7.11 Å². The van der Waals surface area contributed by atoms with Crippen LogP contribution in [0, 0.1) is 17.5 Å². The number of carbonyl (C=O) groups is 1. The minimum atomic E-state index is -1.71. The second-order valence-corrected chi connectivity index (χ2v) is 5.15. The molecule has 3 aromatic rings. The number of carbonyl (C=O) groups excluding carboxylic acids is 1. The maximum absolute atomic E-state index is 13.6. The summed E-state index contributed by atoms with van der Waals surface area (Å²) in [5.41, 5.74) is 0.00811. The second kappa shape index (κ2) is 7.26. The van der Waals surface area contributed by atoms with Gasteiger partial charge in [-0.1, -0.05) is 17.3 Å². The summed E-state index contributed by atoms with van der Waals surface area (Å²) < 4.78 is 49.8. The Morgan fingerprint density at radius 3 is 2.77 bits per heavy atom. The number of halogens is 3. The third-order valence-electron chi connectivity index (χ3n) is 3.48. The van der Waals surface area contributed by atoms with E-state index in [0.717, 1.165) is 6.07 Å². The SMILES string of the molecule is COc1cccc(-c2noc(CNC(=O)c3ccc(F)c(F)c3F)n2)c1. The number of methoxy groups -OCH3 is 1. The molecule has 0 aliphatic heterocycles. The predicted octanol–water partition coefficient (Wildman–Crippen LogP) is 3.09. The molecule has 9 heteroatoms. The van der Waals surface area contributed by atoms with Crippen molar-refractivity contribution < 1.29 is 27.2 Å². The first-order valence-corrected chi connectivity index (χ1v) is 7.38. The number of amides is 1. The fourth-order valence-corrected chi connectivity index (χ4v) is 2.16. The minimum absolute atomic E-state index is 0.0548. The normalized spacial score (nSPS) is 10.6. The Balaban J connectivity index is 1.70. The van der Waals surface area contributed by atoms with Crippen molar-refractivity contribution in [1.82, 2.24) is 15.5 Å². The van der Waals surface area contributed by atoms with Gasteiger partial charge in [-0.15, -0.1) is 0 Å². The average Bonchev–Trinajstić information content (AvgIpc) is 3.13. The molecule has 134 valence electrons. The number of rotatable bonds is 5. The molecule has 0 radical (unpaired) electrons. The quantitative estimate of drug-likeness (QED) is 0.705. The van der Waals surface area contributed by atoms with Gasteiger partial charge < -0.3 is 14.6 Å². The smallest absolute Gasteiger partial charge is 0.254 e. The fourth-order valence-electron chi connectivity index (χ4n) is 2.16. The topological polar surface area (TPSA) is 77.3 Å². The Morgan fingerprint density at radius 1 is 1.19 bits per heavy atom. The molecule has 26 heavy (non-hydrogen) atoms. The zero-order valence-electron chi connectivity index (χ0n) is 13.4. The van der Waals surface area contributed by atoms with Gasteiger partial charge in [0.05, 0.1) is 19.2 Å². The first kappa shape index (κ1) is 17.5. The molecule has 1 heterocycles. The van der Waals surface area contributed by atoms with Crippen molar-refractivity contribution >= 4 is 5.91 Å². The molecule has 0 fully saturated rings. The number of hydrogen-bond donors (Lipinski definition) is 1. The van der Waals surface area contributed by atoms with E-state index in [9.17, 15) is 18.0 Å². The van der Waals surface area contributed by atoms with Crippen LogP contribution in [-0.4, -0.2) is 23.2 Å². The van der Waals surface area contributed by atoms with Crippen LogP contribution >= 0.6 is 0 Å². The Bertz CT molecular complexity index is 959. The molecular formula is C17H12F3N3O3. The minimum Gasteiger partial charge on any atom is -0.497 e. The summed E-state index contributed by atoms with van der Waals surface area (Å²) >= 11 is 0. The summed E-state index contributed by atoms with van der Waals surface area (Å²) in [5.74, 6) is -4.66. The summed E-state index contributed by atoms with van der Waals surface area (Å²) in [6, 6.07) is 8.45. The molecule has 3 rings (SSSR count). The van der Waals surface area contributed by atoms with Crippen molar-refractivity contribution in [1.29, 1.82) is 0 Å². The molecule has 0 aliphatic carbocycles. The van der Waals surface area contributed by atoms with Crippen LogP contribution in [0.3, 0.4) is 0 Å². The zero-order chi connectivity index (χ0) is 18.7. The lowest BCUT2D eigenvalue weighted by Gasteiger charge is -2.04. The van der Waals surface area contributed by atoms with Crippen LogP contribution in [0.25, 0.3) is 11.4 Å². The van der Waals surface area contributed by atoms with E-state index in [-0.39, 0.29) is 18.3 Å². The molecule has 1 aromatic heterocycles. The molecule has 0 unspecified atom stereocenters. The van der Waals surface area contributed by atoms with Crippen LogP contribution in [0.5, 0.6) is 5.75 Å². The zero-order valence-corrected chi connectivity index (χ0v) is 13.4. The van der Waals surface area contributed by atoms with Crippen LogP contribution < -0.4 is 10.1 Å². The number of hydrogen-bond acceptors (Lipinski definition) is 5. The van der Waals surface area contributed by atoms with E-state index >= 15 is 0 Å². The van der Waals surface area contributed by atoms with Crippen molar-refractivity contribution in [2.45, 2.75) is 6.54 Å². The van der Waals surface area contributed by atoms with Crippen molar-refractivity contribution in [2.75, 3.05) is 7.11 Å². The number of nitrogens with zero attached hydrogens (tertiary/aromatic N) is 2. The van der Waals surface area contributed by atoms with Crippen molar-refractivity contribution in [3.05, 3.63) is 65.3 Å². The molecule has 0 saturated heterocycles. The molecule has 0 bridgehead atoms. The Hall–Kier alpha value is -3.36. The highest BCUT2D eigenvalue weighted by molar-refractivity contribution is 5.94. The maximum atomic E-state index is 13.6. The monoisotopic (exact) mass is 363 g/mol. The number of ether oxygens (including phenoxy) is 1. The highest BCUT2D eigenvalue weighted by Crippen LogP contribution is 2.21. The van der Waals surface area contributed by atoms with Crippen molar-refractivity contribution in [3.63, 3.8) is 0 Å². The van der Waals surface area contributed by atoms with E-state index in [0.29, 0.717) is 17.4 Å². The summed E-state index contributed by atoms with van der Waals surface area (Å²) in [5, 5.41) is 6.08. The largest absolute Gasteiger partial charge is 0.497 e. The Morgan fingerprint density at radius 2 is 2.00 bits per heavy atom. The Kier molecular flexibility index (Phi) is 4.87. The average molecular weight is 363 g/mol. The van der Waals surface area contributed by atoms with Gasteiger partial charge in [-0.25, -0.2) is 13.2 Å². The van der Waals surface area contributed by atoms with Gasteiger partial charge in [-0.05, 0) is 24.3 Å². The molecular weight excluding hydrogens is 351 g/mol. The van der Waals surface area contributed by atoms with Gasteiger partial charge in [0.1, 0.15) is 5.75 Å². The van der Waals surface area contributed by atoms with Gasteiger partial charge in [-0.3, -0.25) is 4.79 Å². The summed E-state index contributed by atoms with van der Waals surface area (Å²) in [6.45, 7) is -0.214. The molecule has 0 aliphatic rings. The molecule has 0 saturated carbocycles. The van der Waals surface area contributed by atoms with Crippen LogP contribution in [0.2, 0.25) is 0 Å². The van der Waals surface area contributed by atoms with E-state index < -0.39 is 28.9 Å². The van der Waals surface area contributed by atoms with E-state index in [1.54, 1.807) is 24.3 Å². The molecule has 0 atom stereocenters. The van der Waals surface area contributed by atoms with Gasteiger partial charge >= 0.3 is 0 Å². The third-order valence-corrected chi connectivity index (χ3v) is 3.48. The second-order valence-electron chi connectivity index (χ2n) is 5.15. The van der Waals surface area contributed by atoms with Crippen molar-refractivity contribution in [3.8, 4) is 17.1 Å². The first-order chi connectivity index (χ1) is 12.5. The molecule has 2 aromatic carbocycles. The van der Waals surface area contributed by atoms with E-state index in [1.807, 2.05) is 0 Å². The molecule has 1 amide bonds.